The molecule has 0 radical (unpaired) electrons. The topological polar surface area (TPSA) is 109 Å². The van der Waals surface area contributed by atoms with E-state index in [4.69, 9.17) is 4.74 Å². The summed E-state index contributed by atoms with van der Waals surface area (Å²) in [7, 11) is -2.26. The maximum absolute atomic E-state index is 12.5. The number of carbonyl (C=O) groups excluding carboxylic acids is 1. The fourth-order valence-corrected chi connectivity index (χ4v) is 4.72. The summed E-state index contributed by atoms with van der Waals surface area (Å²) in [5.74, 6) is 0.433. The van der Waals surface area contributed by atoms with E-state index in [1.807, 2.05) is 13.8 Å². The van der Waals surface area contributed by atoms with Crippen LogP contribution in [0.25, 0.3) is 10.2 Å². The predicted molar refractivity (Wildman–Crippen MR) is 115 cm³/mol. The van der Waals surface area contributed by atoms with Crippen molar-refractivity contribution in [2.24, 2.45) is 0 Å². The Morgan fingerprint density at radius 1 is 1.24 bits per heavy atom. The molecule has 154 valence electrons. The van der Waals surface area contributed by atoms with Gasteiger partial charge in [0.1, 0.15) is 11.3 Å². The summed E-state index contributed by atoms with van der Waals surface area (Å²) < 4.78 is 33.6. The number of methoxy groups -OCH3 is 1. The van der Waals surface area contributed by atoms with E-state index in [1.165, 1.54) is 19.2 Å². The van der Waals surface area contributed by atoms with Gasteiger partial charge in [0.25, 0.3) is 10.0 Å². The van der Waals surface area contributed by atoms with E-state index in [9.17, 15) is 13.2 Å². The molecule has 8 nitrogen and oxygen atoms in total. The van der Waals surface area contributed by atoms with Gasteiger partial charge in [0.2, 0.25) is 0 Å². The average molecular weight is 435 g/mol. The number of hydrogen-bond acceptors (Lipinski definition) is 6. The number of nitrogens with one attached hydrogen (secondary N) is 3. The molecule has 0 bridgehead atoms. The number of anilines is 2. The molecular weight excluding hydrogens is 412 g/mol. The minimum Gasteiger partial charge on any atom is -0.494 e. The maximum atomic E-state index is 12.5. The van der Waals surface area contributed by atoms with Crippen LogP contribution in [0.15, 0.2) is 47.4 Å². The van der Waals surface area contributed by atoms with Gasteiger partial charge in [0.05, 0.1) is 16.7 Å². The third-order valence-electron chi connectivity index (χ3n) is 4.20. The molecule has 0 fully saturated rings. The molecule has 1 atom stereocenters. The number of carbonyl (C=O) groups is 1. The molecule has 0 saturated carbocycles. The lowest BCUT2D eigenvalue weighted by atomic mass is 10.2. The predicted octanol–water partition coefficient (Wildman–Crippen LogP) is 4.03. The zero-order valence-corrected chi connectivity index (χ0v) is 17.9. The van der Waals surface area contributed by atoms with Gasteiger partial charge >= 0.3 is 6.03 Å². The number of aromatic nitrogens is 1. The Bertz CT molecular complexity index is 1110. The summed E-state index contributed by atoms with van der Waals surface area (Å²) in [6, 6.07) is 11.2. The standard InChI is InChI=1S/C19H22N4O4S2/c1-4-12(2)20-18(24)21-13-10-15(27-3)17-16(11-13)28-19(22-17)23-29(25,26)14-8-6-5-7-9-14/h5-12H,4H2,1-3H3,(H,22,23)(H2,20,21,24). The van der Waals surface area contributed by atoms with Crippen LogP contribution >= 0.6 is 11.3 Å². The molecule has 0 aliphatic rings. The number of ether oxygens (including phenoxy) is 1. The number of amides is 2. The highest BCUT2D eigenvalue weighted by Gasteiger charge is 2.18. The van der Waals surface area contributed by atoms with Gasteiger partial charge in [-0.25, -0.2) is 18.2 Å². The van der Waals surface area contributed by atoms with Crippen LogP contribution in [0.5, 0.6) is 5.75 Å². The number of nitrogens with zero attached hydrogens (tertiary/aromatic N) is 1. The van der Waals surface area contributed by atoms with Crippen LogP contribution in [0.4, 0.5) is 15.6 Å². The second kappa shape index (κ2) is 8.66. The van der Waals surface area contributed by atoms with E-state index in [0.29, 0.717) is 21.7 Å². The molecular formula is C19H22N4O4S2. The first kappa shape index (κ1) is 20.9. The second-order valence-electron chi connectivity index (χ2n) is 6.37. The minimum absolute atomic E-state index is 0.0445. The molecule has 29 heavy (non-hydrogen) atoms. The van der Waals surface area contributed by atoms with Gasteiger partial charge in [0.15, 0.2) is 5.13 Å². The molecule has 1 heterocycles. The third kappa shape index (κ3) is 4.96. The van der Waals surface area contributed by atoms with Crippen molar-refractivity contribution in [2.45, 2.75) is 31.2 Å². The Morgan fingerprint density at radius 2 is 1.97 bits per heavy atom. The second-order valence-corrected chi connectivity index (χ2v) is 9.08. The van der Waals surface area contributed by atoms with E-state index < -0.39 is 10.0 Å². The van der Waals surface area contributed by atoms with Crippen LogP contribution in [0.3, 0.4) is 0 Å². The summed E-state index contributed by atoms with van der Waals surface area (Å²) in [5.41, 5.74) is 1.03. The van der Waals surface area contributed by atoms with E-state index in [2.05, 4.69) is 20.3 Å². The van der Waals surface area contributed by atoms with E-state index >= 15 is 0 Å². The highest BCUT2D eigenvalue weighted by molar-refractivity contribution is 7.93. The van der Waals surface area contributed by atoms with Crippen LogP contribution in [0, 0.1) is 0 Å². The first-order valence-electron chi connectivity index (χ1n) is 8.96. The number of hydrogen-bond donors (Lipinski definition) is 3. The van der Waals surface area contributed by atoms with Crippen molar-refractivity contribution < 1.29 is 17.9 Å². The smallest absolute Gasteiger partial charge is 0.319 e. The molecule has 2 aromatic carbocycles. The summed E-state index contributed by atoms with van der Waals surface area (Å²) >= 11 is 1.15. The van der Waals surface area contributed by atoms with Gasteiger partial charge in [-0.1, -0.05) is 36.5 Å². The summed E-state index contributed by atoms with van der Waals surface area (Å²) in [4.78, 5) is 16.6. The molecule has 10 heteroatoms. The van der Waals surface area contributed by atoms with Gasteiger partial charge in [-0.15, -0.1) is 0 Å². The Hall–Kier alpha value is -2.85. The van der Waals surface area contributed by atoms with Crippen LogP contribution in [0.1, 0.15) is 20.3 Å². The number of benzene rings is 2. The molecule has 1 unspecified atom stereocenters. The molecule has 0 spiro atoms. The fraction of sp³-hybridized carbons (Fsp3) is 0.263. The van der Waals surface area contributed by atoms with Gasteiger partial charge in [-0.3, -0.25) is 4.72 Å². The molecule has 1 aromatic heterocycles. The van der Waals surface area contributed by atoms with Crippen molar-refractivity contribution in [1.82, 2.24) is 10.3 Å². The fourth-order valence-electron chi connectivity index (χ4n) is 2.54. The Kier molecular flexibility index (Phi) is 6.23. The SMILES string of the molecule is CCC(C)NC(=O)Nc1cc(OC)c2nc(NS(=O)(=O)c3ccccc3)sc2c1. The molecule has 3 aromatic rings. The van der Waals surface area contributed by atoms with Gasteiger partial charge in [-0.2, -0.15) is 0 Å². The summed E-state index contributed by atoms with van der Waals surface area (Å²) in [6.45, 7) is 3.90. The normalized spacial score (nSPS) is 12.4. The van der Waals surface area contributed by atoms with Crippen molar-refractivity contribution in [1.29, 1.82) is 0 Å². The van der Waals surface area contributed by atoms with Crippen molar-refractivity contribution >= 4 is 48.4 Å². The van der Waals surface area contributed by atoms with Gasteiger partial charge in [-0.05, 0) is 31.5 Å². The molecule has 3 N–H and O–H groups in total. The Labute approximate surface area is 173 Å². The first-order valence-corrected chi connectivity index (χ1v) is 11.3. The highest BCUT2D eigenvalue weighted by Crippen LogP contribution is 2.36. The van der Waals surface area contributed by atoms with E-state index in [0.717, 1.165) is 17.8 Å². The number of thiazole rings is 1. The number of sulfonamides is 1. The molecule has 2 amide bonds. The zero-order chi connectivity index (χ0) is 21.0. The van der Waals surface area contributed by atoms with Crippen LogP contribution in [-0.4, -0.2) is 32.6 Å². The van der Waals surface area contributed by atoms with Crippen molar-refractivity contribution in [2.75, 3.05) is 17.1 Å². The highest BCUT2D eigenvalue weighted by atomic mass is 32.2. The average Bonchev–Trinajstić information content (AvgIpc) is 3.09. The van der Waals surface area contributed by atoms with Crippen molar-refractivity contribution in [3.63, 3.8) is 0 Å². The lowest BCUT2D eigenvalue weighted by Gasteiger charge is -2.13. The lowest BCUT2D eigenvalue weighted by Crippen LogP contribution is -2.35. The van der Waals surface area contributed by atoms with Crippen LogP contribution < -0.4 is 20.1 Å². The van der Waals surface area contributed by atoms with Crippen molar-refractivity contribution in [3.8, 4) is 5.75 Å². The quantitative estimate of drug-likeness (QED) is 0.520. The van der Waals surface area contributed by atoms with Crippen molar-refractivity contribution in [3.05, 3.63) is 42.5 Å². The lowest BCUT2D eigenvalue weighted by molar-refractivity contribution is 0.249. The Morgan fingerprint density at radius 3 is 2.62 bits per heavy atom. The van der Waals surface area contributed by atoms with Crippen LogP contribution in [0.2, 0.25) is 0 Å². The van der Waals surface area contributed by atoms with Gasteiger partial charge < -0.3 is 15.4 Å². The monoisotopic (exact) mass is 434 g/mol. The summed E-state index contributed by atoms with van der Waals surface area (Å²) in [5, 5.41) is 5.80. The largest absolute Gasteiger partial charge is 0.494 e. The number of rotatable bonds is 7. The minimum atomic E-state index is -3.75. The molecule has 0 aliphatic heterocycles. The third-order valence-corrected chi connectivity index (χ3v) is 6.60. The maximum Gasteiger partial charge on any atom is 0.319 e. The number of fused-ring (bicyclic) bond motifs is 1. The summed E-state index contributed by atoms with van der Waals surface area (Å²) in [6.07, 6.45) is 0.815. The van der Waals surface area contributed by atoms with Crippen LogP contribution in [-0.2, 0) is 10.0 Å². The van der Waals surface area contributed by atoms with E-state index in [-0.39, 0.29) is 22.1 Å². The van der Waals surface area contributed by atoms with Gasteiger partial charge in [0, 0.05) is 17.8 Å². The Balaban J connectivity index is 1.88. The number of urea groups is 1. The van der Waals surface area contributed by atoms with E-state index in [1.54, 1.807) is 30.3 Å². The molecule has 3 rings (SSSR count). The first-order chi connectivity index (χ1) is 13.8. The zero-order valence-electron chi connectivity index (χ0n) is 16.2. The molecule has 0 saturated heterocycles. The molecule has 0 aliphatic carbocycles.